The second-order valence-electron chi connectivity index (χ2n) is 7.77. The van der Waals surface area contributed by atoms with Crippen molar-refractivity contribution >= 4 is 5.91 Å². The van der Waals surface area contributed by atoms with Crippen molar-refractivity contribution in [3.8, 4) is 0 Å². The molecule has 0 saturated carbocycles. The molecule has 1 aromatic rings. The number of amides is 1. The van der Waals surface area contributed by atoms with Gasteiger partial charge in [0.15, 0.2) is 0 Å². The number of nitrogens with two attached hydrogens (primary N) is 1. The molecule has 1 aromatic carbocycles. The summed E-state index contributed by atoms with van der Waals surface area (Å²) >= 11 is 0. The van der Waals surface area contributed by atoms with Crippen LogP contribution >= 0.6 is 0 Å². The standard InChI is InChI=1S/C19H30N2O2/c1-14-7-5-6-8-15(14)19(9-11-23-12-10-19)13-21-17(22)16(20)18(2,3)4/h5-8,16H,9-13,20H2,1-4H3,(H,21,22)/t16-/m1/s1. The molecular weight excluding hydrogens is 288 g/mol. The van der Waals surface area contributed by atoms with E-state index in [-0.39, 0.29) is 16.7 Å². The molecule has 0 aliphatic carbocycles. The summed E-state index contributed by atoms with van der Waals surface area (Å²) in [6, 6.07) is 7.94. The smallest absolute Gasteiger partial charge is 0.237 e. The molecule has 1 aliphatic heterocycles. The van der Waals surface area contributed by atoms with Crippen LogP contribution in [0.4, 0.5) is 0 Å². The van der Waals surface area contributed by atoms with Crippen LogP contribution in [0.1, 0.15) is 44.7 Å². The Hall–Kier alpha value is -1.39. The number of rotatable bonds is 4. The minimum Gasteiger partial charge on any atom is -0.381 e. The van der Waals surface area contributed by atoms with Gasteiger partial charge < -0.3 is 15.8 Å². The van der Waals surface area contributed by atoms with Gasteiger partial charge in [0.25, 0.3) is 0 Å². The summed E-state index contributed by atoms with van der Waals surface area (Å²) in [5.41, 5.74) is 8.37. The lowest BCUT2D eigenvalue weighted by Gasteiger charge is -2.39. The van der Waals surface area contributed by atoms with Gasteiger partial charge in [0.1, 0.15) is 0 Å². The van der Waals surface area contributed by atoms with Crippen molar-refractivity contribution in [2.75, 3.05) is 19.8 Å². The van der Waals surface area contributed by atoms with E-state index in [1.165, 1.54) is 11.1 Å². The second kappa shape index (κ2) is 7.02. The van der Waals surface area contributed by atoms with E-state index in [2.05, 4.69) is 36.5 Å². The summed E-state index contributed by atoms with van der Waals surface area (Å²) in [4.78, 5) is 12.4. The SMILES string of the molecule is Cc1ccccc1C1(CNC(=O)[C@@H](N)C(C)(C)C)CCOCC1. The maximum atomic E-state index is 12.4. The molecule has 4 nitrogen and oxygen atoms in total. The predicted molar refractivity (Wildman–Crippen MR) is 93.4 cm³/mol. The summed E-state index contributed by atoms with van der Waals surface area (Å²) in [6.07, 6.45) is 1.84. The summed E-state index contributed by atoms with van der Waals surface area (Å²) < 4.78 is 5.56. The highest BCUT2D eigenvalue weighted by Gasteiger charge is 2.37. The fraction of sp³-hybridized carbons (Fsp3) is 0.632. The fourth-order valence-corrected chi connectivity index (χ4v) is 3.23. The minimum atomic E-state index is -0.503. The highest BCUT2D eigenvalue weighted by atomic mass is 16.5. The van der Waals surface area contributed by atoms with Crippen LogP contribution in [-0.4, -0.2) is 31.7 Å². The van der Waals surface area contributed by atoms with E-state index < -0.39 is 6.04 Å². The molecule has 0 aromatic heterocycles. The quantitative estimate of drug-likeness (QED) is 0.896. The minimum absolute atomic E-state index is 0.0587. The van der Waals surface area contributed by atoms with Crippen LogP contribution in [0.15, 0.2) is 24.3 Å². The van der Waals surface area contributed by atoms with E-state index in [0.29, 0.717) is 6.54 Å². The summed E-state index contributed by atoms with van der Waals surface area (Å²) in [6.45, 7) is 10.2. The Labute approximate surface area is 139 Å². The van der Waals surface area contributed by atoms with Gasteiger partial charge in [-0.25, -0.2) is 0 Å². The first-order chi connectivity index (χ1) is 10.8. The van der Waals surface area contributed by atoms with Crippen LogP contribution in [0.25, 0.3) is 0 Å². The number of ether oxygens (including phenoxy) is 1. The highest BCUT2D eigenvalue weighted by Crippen LogP contribution is 2.36. The summed E-state index contributed by atoms with van der Waals surface area (Å²) in [7, 11) is 0. The van der Waals surface area contributed by atoms with Gasteiger partial charge in [-0.05, 0) is 36.3 Å². The molecule has 3 N–H and O–H groups in total. The van der Waals surface area contributed by atoms with Crippen molar-refractivity contribution < 1.29 is 9.53 Å². The average Bonchev–Trinajstić information content (AvgIpc) is 2.52. The third-order valence-corrected chi connectivity index (χ3v) is 4.98. The number of nitrogens with one attached hydrogen (secondary N) is 1. The molecule has 23 heavy (non-hydrogen) atoms. The molecule has 1 heterocycles. The van der Waals surface area contributed by atoms with Gasteiger partial charge in [-0.3, -0.25) is 4.79 Å². The van der Waals surface area contributed by atoms with Crippen LogP contribution in [-0.2, 0) is 14.9 Å². The molecule has 2 rings (SSSR count). The monoisotopic (exact) mass is 318 g/mol. The van der Waals surface area contributed by atoms with E-state index in [4.69, 9.17) is 10.5 Å². The van der Waals surface area contributed by atoms with Gasteiger partial charge in [0.05, 0.1) is 6.04 Å². The lowest BCUT2D eigenvalue weighted by atomic mass is 9.72. The first-order valence-corrected chi connectivity index (χ1v) is 8.43. The zero-order valence-electron chi connectivity index (χ0n) is 14.8. The van der Waals surface area contributed by atoms with E-state index in [1.54, 1.807) is 0 Å². The van der Waals surface area contributed by atoms with E-state index in [0.717, 1.165) is 26.1 Å². The number of carbonyl (C=O) groups is 1. The molecule has 0 spiro atoms. The maximum absolute atomic E-state index is 12.4. The molecule has 0 bridgehead atoms. The lowest BCUT2D eigenvalue weighted by Crippen LogP contribution is -2.52. The van der Waals surface area contributed by atoms with Crippen LogP contribution in [0.2, 0.25) is 0 Å². The van der Waals surface area contributed by atoms with Gasteiger partial charge in [0, 0.05) is 25.2 Å². The molecule has 1 amide bonds. The molecule has 1 aliphatic rings. The number of carbonyl (C=O) groups excluding carboxylic acids is 1. The van der Waals surface area contributed by atoms with Crippen LogP contribution in [0.5, 0.6) is 0 Å². The number of aryl methyl sites for hydroxylation is 1. The Morgan fingerprint density at radius 2 is 1.91 bits per heavy atom. The van der Waals surface area contributed by atoms with Crippen molar-refractivity contribution in [2.45, 2.75) is 52.0 Å². The lowest BCUT2D eigenvalue weighted by molar-refractivity contribution is -0.125. The second-order valence-corrected chi connectivity index (χ2v) is 7.77. The topological polar surface area (TPSA) is 64.4 Å². The molecule has 1 saturated heterocycles. The van der Waals surface area contributed by atoms with Crippen molar-refractivity contribution in [3.63, 3.8) is 0 Å². The first-order valence-electron chi connectivity index (χ1n) is 8.43. The largest absolute Gasteiger partial charge is 0.381 e. The molecule has 4 heteroatoms. The van der Waals surface area contributed by atoms with Crippen molar-refractivity contribution in [1.29, 1.82) is 0 Å². The summed E-state index contributed by atoms with van der Waals surface area (Å²) in [5.74, 6) is -0.0723. The molecule has 1 fully saturated rings. The van der Waals surface area contributed by atoms with Crippen LogP contribution < -0.4 is 11.1 Å². The Balaban J connectivity index is 2.17. The maximum Gasteiger partial charge on any atom is 0.237 e. The van der Waals surface area contributed by atoms with E-state index in [1.807, 2.05) is 20.8 Å². The van der Waals surface area contributed by atoms with Crippen LogP contribution in [0.3, 0.4) is 0 Å². The molecular formula is C19H30N2O2. The van der Waals surface area contributed by atoms with Crippen LogP contribution in [0, 0.1) is 12.3 Å². The molecule has 128 valence electrons. The zero-order chi connectivity index (χ0) is 17.1. The predicted octanol–water partition coefficient (Wildman–Crippen LogP) is 2.53. The average molecular weight is 318 g/mol. The number of hydrogen-bond donors (Lipinski definition) is 2. The van der Waals surface area contributed by atoms with Gasteiger partial charge >= 0.3 is 0 Å². The highest BCUT2D eigenvalue weighted by molar-refractivity contribution is 5.82. The Morgan fingerprint density at radius 3 is 2.48 bits per heavy atom. The Kier molecular flexibility index (Phi) is 5.48. The van der Waals surface area contributed by atoms with Gasteiger partial charge in [0.2, 0.25) is 5.91 Å². The van der Waals surface area contributed by atoms with Crippen molar-refractivity contribution in [1.82, 2.24) is 5.32 Å². The Bertz CT molecular complexity index is 543. The summed E-state index contributed by atoms with van der Waals surface area (Å²) in [5, 5.41) is 3.11. The zero-order valence-corrected chi connectivity index (χ0v) is 14.8. The van der Waals surface area contributed by atoms with E-state index in [9.17, 15) is 4.79 Å². The van der Waals surface area contributed by atoms with Crippen molar-refractivity contribution in [2.24, 2.45) is 11.1 Å². The Morgan fingerprint density at radius 1 is 1.30 bits per heavy atom. The van der Waals surface area contributed by atoms with Gasteiger partial charge in [-0.1, -0.05) is 45.0 Å². The third kappa shape index (κ3) is 4.12. The molecule has 1 atom stereocenters. The fourth-order valence-electron chi connectivity index (χ4n) is 3.23. The normalized spacial score (nSPS) is 19.2. The first kappa shape index (κ1) is 18.0. The van der Waals surface area contributed by atoms with Gasteiger partial charge in [-0.15, -0.1) is 0 Å². The molecule has 0 radical (unpaired) electrons. The van der Waals surface area contributed by atoms with Gasteiger partial charge in [-0.2, -0.15) is 0 Å². The third-order valence-electron chi connectivity index (χ3n) is 4.98. The van der Waals surface area contributed by atoms with Crippen molar-refractivity contribution in [3.05, 3.63) is 35.4 Å². The van der Waals surface area contributed by atoms with E-state index >= 15 is 0 Å². The number of hydrogen-bond acceptors (Lipinski definition) is 3. The molecule has 0 unspecified atom stereocenters. The number of benzene rings is 1.